The summed E-state index contributed by atoms with van der Waals surface area (Å²) in [6, 6.07) is 10.1. The van der Waals surface area contributed by atoms with Crippen LogP contribution in [-0.2, 0) is 14.3 Å². The quantitative estimate of drug-likeness (QED) is 0.610. The van der Waals surface area contributed by atoms with Crippen molar-refractivity contribution in [2.45, 2.75) is 38.4 Å². The van der Waals surface area contributed by atoms with Crippen LogP contribution < -0.4 is 0 Å². The van der Waals surface area contributed by atoms with E-state index in [9.17, 15) is 4.79 Å². The Labute approximate surface area is 119 Å². The maximum absolute atomic E-state index is 11.9. The summed E-state index contributed by atoms with van der Waals surface area (Å²) < 4.78 is 11.4. The summed E-state index contributed by atoms with van der Waals surface area (Å²) in [6.07, 6.45) is 4.81. The molecule has 4 rings (SSSR count). The second-order valence-corrected chi connectivity index (χ2v) is 5.44. The molecule has 106 valence electrons. The molecule has 0 saturated carbocycles. The number of rotatable bonds is 5. The number of fused-ring (bicyclic) bond motifs is 2. The molecule has 0 unspecified atom stereocenters. The van der Waals surface area contributed by atoms with E-state index in [1.807, 2.05) is 24.3 Å². The number of hydrogen-bond acceptors (Lipinski definition) is 3. The van der Waals surface area contributed by atoms with Gasteiger partial charge < -0.3 is 9.47 Å². The predicted octanol–water partition coefficient (Wildman–Crippen LogP) is 3.20. The van der Waals surface area contributed by atoms with Crippen molar-refractivity contribution in [3.05, 3.63) is 42.0 Å². The number of benzene rings is 1. The van der Waals surface area contributed by atoms with E-state index in [1.54, 1.807) is 0 Å². The van der Waals surface area contributed by atoms with E-state index < -0.39 is 0 Å². The molecule has 3 atom stereocenters. The number of unbranched alkanes of at least 4 members (excludes halogenated alkanes) is 1. The minimum atomic E-state index is -0.243. The van der Waals surface area contributed by atoms with Crippen molar-refractivity contribution in [2.75, 3.05) is 6.61 Å². The van der Waals surface area contributed by atoms with E-state index >= 15 is 0 Å². The Bertz CT molecular complexity index is 506. The van der Waals surface area contributed by atoms with Gasteiger partial charge in [0.1, 0.15) is 12.0 Å². The summed E-state index contributed by atoms with van der Waals surface area (Å²) in [6.45, 7) is 2.87. The van der Waals surface area contributed by atoms with Crippen LogP contribution in [0.15, 0.2) is 36.4 Å². The van der Waals surface area contributed by atoms with Gasteiger partial charge in [-0.25, -0.2) is 0 Å². The van der Waals surface area contributed by atoms with E-state index in [0.717, 1.165) is 37.0 Å². The first kappa shape index (κ1) is 13.4. The summed E-state index contributed by atoms with van der Waals surface area (Å²) in [4.78, 5) is 11.9. The highest BCUT2D eigenvalue weighted by molar-refractivity contribution is 5.86. The minimum Gasteiger partial charge on any atom is -0.457 e. The molecule has 2 aliphatic heterocycles. The fraction of sp³-hybridized carbons (Fsp3) is 0.471. The maximum Gasteiger partial charge on any atom is 0.316 e. The lowest BCUT2D eigenvalue weighted by atomic mass is 9.80. The smallest absolute Gasteiger partial charge is 0.316 e. The third-order valence-electron chi connectivity index (χ3n) is 4.02. The van der Waals surface area contributed by atoms with Crippen molar-refractivity contribution in [3.63, 3.8) is 0 Å². The lowest BCUT2D eigenvalue weighted by molar-refractivity contribution is -0.167. The molecule has 20 heavy (non-hydrogen) atoms. The van der Waals surface area contributed by atoms with Gasteiger partial charge in [-0.05, 0) is 17.6 Å². The summed E-state index contributed by atoms with van der Waals surface area (Å²) in [5.74, 6) is -0.380. The van der Waals surface area contributed by atoms with E-state index in [4.69, 9.17) is 9.47 Å². The first-order chi connectivity index (χ1) is 9.79. The van der Waals surface area contributed by atoms with Crippen molar-refractivity contribution in [2.24, 2.45) is 5.92 Å². The molecular formula is C17H20O3. The lowest BCUT2D eigenvalue weighted by Crippen LogP contribution is -2.46. The Balaban J connectivity index is 1.78. The summed E-state index contributed by atoms with van der Waals surface area (Å²) >= 11 is 0. The Morgan fingerprint density at radius 1 is 1.30 bits per heavy atom. The van der Waals surface area contributed by atoms with E-state index in [1.165, 1.54) is 0 Å². The molecule has 3 nitrogen and oxygen atoms in total. The van der Waals surface area contributed by atoms with Gasteiger partial charge in [-0.1, -0.05) is 49.8 Å². The average Bonchev–Trinajstić information content (AvgIpc) is 2.48. The molecule has 1 aromatic rings. The van der Waals surface area contributed by atoms with Gasteiger partial charge in [0, 0.05) is 13.0 Å². The SMILES string of the molecule is CCCCO[C@@H]1C[C@@H]2OC(=O)[C@H]1C=C2c1ccccc1. The van der Waals surface area contributed by atoms with Crippen LogP contribution in [0, 0.1) is 5.92 Å². The van der Waals surface area contributed by atoms with Crippen LogP contribution in [-0.4, -0.2) is 24.8 Å². The minimum absolute atomic E-state index is 0.0136. The number of hydrogen-bond donors (Lipinski definition) is 0. The van der Waals surface area contributed by atoms with Gasteiger partial charge in [0.25, 0.3) is 0 Å². The van der Waals surface area contributed by atoms with Gasteiger partial charge in [0.2, 0.25) is 0 Å². The van der Waals surface area contributed by atoms with Gasteiger partial charge >= 0.3 is 5.97 Å². The third kappa shape index (κ3) is 2.50. The molecule has 0 radical (unpaired) electrons. The van der Waals surface area contributed by atoms with E-state index in [2.05, 4.69) is 19.1 Å². The highest BCUT2D eigenvalue weighted by atomic mass is 16.6. The predicted molar refractivity (Wildman–Crippen MR) is 77.1 cm³/mol. The van der Waals surface area contributed by atoms with Gasteiger partial charge in [-0.15, -0.1) is 0 Å². The third-order valence-corrected chi connectivity index (χ3v) is 4.02. The van der Waals surface area contributed by atoms with Crippen molar-refractivity contribution < 1.29 is 14.3 Å². The molecule has 0 aromatic heterocycles. The second kappa shape index (κ2) is 5.80. The van der Waals surface area contributed by atoms with Crippen LogP contribution in [0.3, 0.4) is 0 Å². The maximum atomic E-state index is 11.9. The average molecular weight is 272 g/mol. The zero-order chi connectivity index (χ0) is 13.9. The van der Waals surface area contributed by atoms with Crippen LogP contribution in [0.1, 0.15) is 31.7 Å². The normalized spacial score (nSPS) is 28.1. The Hall–Kier alpha value is -1.61. The molecule has 1 fully saturated rings. The zero-order valence-electron chi connectivity index (χ0n) is 11.7. The number of ether oxygens (including phenoxy) is 2. The summed E-state index contributed by atoms with van der Waals surface area (Å²) in [5, 5.41) is 0. The summed E-state index contributed by atoms with van der Waals surface area (Å²) in [7, 11) is 0. The number of carbonyl (C=O) groups is 1. The number of esters is 1. The molecule has 1 aromatic carbocycles. The van der Waals surface area contributed by atoms with Gasteiger partial charge in [0.15, 0.2) is 0 Å². The molecule has 1 aliphatic carbocycles. The van der Waals surface area contributed by atoms with Crippen LogP contribution in [0.4, 0.5) is 0 Å². The molecule has 3 heteroatoms. The van der Waals surface area contributed by atoms with Crippen LogP contribution in [0.2, 0.25) is 0 Å². The van der Waals surface area contributed by atoms with Gasteiger partial charge in [0.05, 0.1) is 6.10 Å². The fourth-order valence-corrected chi connectivity index (χ4v) is 2.91. The molecular weight excluding hydrogens is 252 g/mol. The first-order valence-electron chi connectivity index (χ1n) is 7.39. The fourth-order valence-electron chi connectivity index (χ4n) is 2.91. The van der Waals surface area contributed by atoms with E-state index in [0.29, 0.717) is 0 Å². The first-order valence-corrected chi connectivity index (χ1v) is 7.39. The van der Waals surface area contributed by atoms with Gasteiger partial charge in [-0.2, -0.15) is 0 Å². The Morgan fingerprint density at radius 2 is 2.10 bits per heavy atom. The molecule has 0 amide bonds. The van der Waals surface area contributed by atoms with Crippen LogP contribution in [0.5, 0.6) is 0 Å². The topological polar surface area (TPSA) is 35.5 Å². The van der Waals surface area contributed by atoms with Crippen LogP contribution >= 0.6 is 0 Å². The van der Waals surface area contributed by atoms with Crippen molar-refractivity contribution >= 4 is 11.5 Å². The highest BCUT2D eigenvalue weighted by Gasteiger charge is 2.44. The van der Waals surface area contributed by atoms with Crippen molar-refractivity contribution in [3.8, 4) is 0 Å². The molecule has 2 heterocycles. The molecule has 0 spiro atoms. The largest absolute Gasteiger partial charge is 0.457 e. The molecule has 3 aliphatic rings. The molecule has 2 bridgehead atoms. The van der Waals surface area contributed by atoms with Gasteiger partial charge in [-0.3, -0.25) is 4.79 Å². The molecule has 1 saturated heterocycles. The van der Waals surface area contributed by atoms with Crippen molar-refractivity contribution in [1.82, 2.24) is 0 Å². The second-order valence-electron chi connectivity index (χ2n) is 5.44. The number of carbonyl (C=O) groups excluding carboxylic acids is 1. The lowest BCUT2D eigenvalue weighted by Gasteiger charge is -2.40. The van der Waals surface area contributed by atoms with Crippen LogP contribution in [0.25, 0.3) is 5.57 Å². The summed E-state index contributed by atoms with van der Waals surface area (Å²) in [5.41, 5.74) is 2.27. The highest BCUT2D eigenvalue weighted by Crippen LogP contribution is 2.39. The zero-order valence-corrected chi connectivity index (χ0v) is 11.7. The Morgan fingerprint density at radius 3 is 2.80 bits per heavy atom. The van der Waals surface area contributed by atoms with Crippen molar-refractivity contribution in [1.29, 1.82) is 0 Å². The van der Waals surface area contributed by atoms with E-state index in [-0.39, 0.29) is 24.1 Å². The molecule has 0 N–H and O–H groups in total. The monoisotopic (exact) mass is 272 g/mol. The Kier molecular flexibility index (Phi) is 3.88. The standard InChI is InChI=1S/C17H20O3/c1-2-3-9-19-15-11-16-13(10-14(15)17(18)20-16)12-7-5-4-6-8-12/h4-8,10,14-16H,2-3,9,11H2,1H3/t14-,15+,16-/m0/s1.